The first-order chi connectivity index (χ1) is 18.3. The van der Waals surface area contributed by atoms with Crippen LogP contribution in [0.1, 0.15) is 31.2 Å². The summed E-state index contributed by atoms with van der Waals surface area (Å²) < 4.78 is 46.1. The summed E-state index contributed by atoms with van der Waals surface area (Å²) in [6, 6.07) is 9.08. The molecule has 1 N–H and O–H groups in total. The van der Waals surface area contributed by atoms with E-state index in [1.807, 2.05) is 12.1 Å². The lowest BCUT2D eigenvalue weighted by Gasteiger charge is -2.18. The zero-order valence-electron chi connectivity index (χ0n) is 21.0. The fourth-order valence-corrected chi connectivity index (χ4v) is 3.96. The number of aliphatic imine (C=N–C) groups is 1. The summed E-state index contributed by atoms with van der Waals surface area (Å²) in [7, 11) is 0. The molecule has 1 fully saturated rings. The summed E-state index contributed by atoms with van der Waals surface area (Å²) in [6.45, 7) is 10.1. The highest BCUT2D eigenvalue weighted by Crippen LogP contribution is 2.25. The van der Waals surface area contributed by atoms with Crippen molar-refractivity contribution < 1.29 is 22.4 Å². The fraction of sp³-hybridized carbons (Fsp3) is 0.400. The molecule has 202 valence electrons. The standard InChI is InChI=1S/C25H29F3N8O2/c1-18(32-16-23-33-24(34-38-23)20-5-7-21(8-6-20)37-25(26,27)28)36(29-2)17-19-9-10-30-22(15-19)31-11-14-35-12-3-4-13-35/h5-10,15H,2-4,11-14,16-17H2,1H3,(H,30,31). The highest BCUT2D eigenvalue weighted by molar-refractivity contribution is 5.79. The molecule has 0 atom stereocenters. The number of pyridine rings is 1. The van der Waals surface area contributed by atoms with Gasteiger partial charge < -0.3 is 19.5 Å². The van der Waals surface area contributed by atoms with E-state index in [0.29, 0.717) is 17.9 Å². The highest BCUT2D eigenvalue weighted by Gasteiger charge is 2.31. The van der Waals surface area contributed by atoms with Crippen LogP contribution in [0.15, 0.2) is 57.2 Å². The molecule has 0 radical (unpaired) electrons. The largest absolute Gasteiger partial charge is 0.573 e. The van der Waals surface area contributed by atoms with Gasteiger partial charge in [-0.05, 0) is 74.8 Å². The fourth-order valence-electron chi connectivity index (χ4n) is 3.96. The lowest BCUT2D eigenvalue weighted by Crippen LogP contribution is -2.26. The van der Waals surface area contributed by atoms with Crippen LogP contribution in [-0.4, -0.2) is 70.1 Å². The Morgan fingerprint density at radius 3 is 2.68 bits per heavy atom. The molecule has 1 aromatic carbocycles. The molecule has 1 aliphatic heterocycles. The maximum atomic E-state index is 12.3. The smallest absolute Gasteiger partial charge is 0.406 e. The number of hydrogen-bond donors (Lipinski definition) is 1. The zero-order chi connectivity index (χ0) is 27.0. The van der Waals surface area contributed by atoms with Crippen LogP contribution >= 0.6 is 0 Å². The molecule has 3 heterocycles. The van der Waals surface area contributed by atoms with Crippen molar-refractivity contribution in [1.29, 1.82) is 0 Å². The third-order valence-corrected chi connectivity index (χ3v) is 5.89. The van der Waals surface area contributed by atoms with Gasteiger partial charge in [0.15, 0.2) is 0 Å². The number of rotatable bonds is 11. The molecule has 2 aromatic heterocycles. The molecular weight excluding hydrogens is 501 g/mol. The van der Waals surface area contributed by atoms with Gasteiger partial charge in [-0.3, -0.25) is 4.99 Å². The zero-order valence-corrected chi connectivity index (χ0v) is 21.0. The summed E-state index contributed by atoms with van der Waals surface area (Å²) in [4.78, 5) is 15.6. The number of nitrogens with one attached hydrogen (secondary N) is 1. The van der Waals surface area contributed by atoms with E-state index in [1.54, 1.807) is 18.1 Å². The van der Waals surface area contributed by atoms with Crippen molar-refractivity contribution in [3.8, 4) is 17.1 Å². The predicted molar refractivity (Wildman–Crippen MR) is 137 cm³/mol. The lowest BCUT2D eigenvalue weighted by molar-refractivity contribution is -0.274. The Morgan fingerprint density at radius 2 is 1.97 bits per heavy atom. The number of alkyl halides is 3. The minimum atomic E-state index is -4.76. The molecule has 0 aliphatic carbocycles. The molecule has 4 rings (SSSR count). The van der Waals surface area contributed by atoms with E-state index in [4.69, 9.17) is 4.52 Å². The number of anilines is 1. The summed E-state index contributed by atoms with van der Waals surface area (Å²) in [5.41, 5.74) is 1.47. The third-order valence-electron chi connectivity index (χ3n) is 5.89. The molecule has 38 heavy (non-hydrogen) atoms. The first-order valence-electron chi connectivity index (χ1n) is 12.1. The normalized spacial score (nSPS) is 14.5. The molecule has 13 heteroatoms. The molecule has 1 saturated heterocycles. The van der Waals surface area contributed by atoms with E-state index >= 15 is 0 Å². The minimum absolute atomic E-state index is 0.0970. The molecule has 10 nitrogen and oxygen atoms in total. The first kappa shape index (κ1) is 27.0. The Labute approximate surface area is 218 Å². The highest BCUT2D eigenvalue weighted by atomic mass is 19.4. The van der Waals surface area contributed by atoms with E-state index in [9.17, 15) is 13.2 Å². The minimum Gasteiger partial charge on any atom is -0.406 e. The topological polar surface area (TPSA) is 104 Å². The molecule has 0 unspecified atom stereocenters. The van der Waals surface area contributed by atoms with Gasteiger partial charge in [0, 0.05) is 31.6 Å². The van der Waals surface area contributed by atoms with Crippen LogP contribution in [0.25, 0.3) is 11.4 Å². The van der Waals surface area contributed by atoms with Crippen LogP contribution in [-0.2, 0) is 13.1 Å². The van der Waals surface area contributed by atoms with Crippen LogP contribution in [0, 0.1) is 0 Å². The van der Waals surface area contributed by atoms with Crippen molar-refractivity contribution in [3.05, 3.63) is 54.0 Å². The van der Waals surface area contributed by atoms with Crippen molar-refractivity contribution in [3.63, 3.8) is 0 Å². The van der Waals surface area contributed by atoms with E-state index in [2.05, 4.69) is 46.9 Å². The second-order valence-corrected chi connectivity index (χ2v) is 8.67. The molecule has 0 amide bonds. The van der Waals surface area contributed by atoms with Crippen molar-refractivity contribution in [1.82, 2.24) is 25.0 Å². The number of aromatic nitrogens is 3. The van der Waals surface area contributed by atoms with E-state index in [0.717, 1.165) is 37.6 Å². The van der Waals surface area contributed by atoms with Crippen LogP contribution in [0.2, 0.25) is 0 Å². The molecular formula is C25H29F3N8O2. The predicted octanol–water partition coefficient (Wildman–Crippen LogP) is 4.57. The summed E-state index contributed by atoms with van der Waals surface area (Å²) >= 11 is 0. The van der Waals surface area contributed by atoms with Crippen molar-refractivity contribution >= 4 is 18.4 Å². The average molecular weight is 531 g/mol. The lowest BCUT2D eigenvalue weighted by atomic mass is 10.2. The Hall–Kier alpha value is -4.00. The van der Waals surface area contributed by atoms with Gasteiger partial charge in [-0.25, -0.2) is 9.99 Å². The molecule has 3 aromatic rings. The van der Waals surface area contributed by atoms with E-state index in [-0.39, 0.29) is 24.0 Å². The SMILES string of the molecule is C=NN(Cc1ccnc(NCCN2CCCC2)c1)C(C)=NCc1nc(-c2ccc(OC(F)(F)F)cc2)no1. The number of likely N-dealkylation sites (tertiary alicyclic amines) is 1. The van der Waals surface area contributed by atoms with Crippen LogP contribution in [0.5, 0.6) is 5.75 Å². The Kier molecular flexibility index (Phi) is 8.89. The number of amidine groups is 1. The summed E-state index contributed by atoms with van der Waals surface area (Å²) in [5.74, 6) is 1.53. The molecule has 0 saturated carbocycles. The van der Waals surface area contributed by atoms with Crippen molar-refractivity contribution in [2.45, 2.75) is 39.2 Å². The van der Waals surface area contributed by atoms with Gasteiger partial charge in [0.25, 0.3) is 0 Å². The summed E-state index contributed by atoms with van der Waals surface area (Å²) in [5, 5.41) is 13.0. The van der Waals surface area contributed by atoms with Gasteiger partial charge in [0.1, 0.15) is 23.9 Å². The van der Waals surface area contributed by atoms with Crippen LogP contribution in [0.3, 0.4) is 0 Å². The first-order valence-corrected chi connectivity index (χ1v) is 12.1. The Morgan fingerprint density at radius 1 is 1.21 bits per heavy atom. The molecule has 0 spiro atoms. The van der Waals surface area contributed by atoms with Crippen LogP contribution < -0.4 is 10.1 Å². The number of hydrazone groups is 1. The van der Waals surface area contributed by atoms with E-state index in [1.165, 1.54) is 37.1 Å². The average Bonchev–Trinajstić information content (AvgIpc) is 3.58. The quantitative estimate of drug-likeness (QED) is 0.218. The van der Waals surface area contributed by atoms with Gasteiger partial charge >= 0.3 is 6.36 Å². The molecule has 1 aliphatic rings. The Bertz CT molecular complexity index is 1220. The number of halogens is 3. The number of benzene rings is 1. The van der Waals surface area contributed by atoms with Gasteiger partial charge in [-0.2, -0.15) is 10.1 Å². The van der Waals surface area contributed by atoms with Gasteiger partial charge in [-0.15, -0.1) is 13.2 Å². The number of hydrogen-bond acceptors (Lipinski definition) is 9. The maximum absolute atomic E-state index is 12.3. The van der Waals surface area contributed by atoms with Gasteiger partial charge in [0.05, 0.1) is 6.54 Å². The second kappa shape index (κ2) is 12.5. The van der Waals surface area contributed by atoms with Gasteiger partial charge in [0.2, 0.25) is 11.7 Å². The second-order valence-electron chi connectivity index (χ2n) is 8.67. The summed E-state index contributed by atoms with van der Waals surface area (Å²) in [6.07, 6.45) is -0.465. The van der Waals surface area contributed by atoms with Crippen LogP contribution in [0.4, 0.5) is 19.0 Å². The van der Waals surface area contributed by atoms with Crippen molar-refractivity contribution in [2.24, 2.45) is 10.1 Å². The third kappa shape index (κ3) is 8.00. The van der Waals surface area contributed by atoms with Crippen molar-refractivity contribution in [2.75, 3.05) is 31.5 Å². The number of nitrogens with zero attached hydrogens (tertiary/aromatic N) is 7. The molecule has 0 bridgehead atoms. The number of ether oxygens (including phenoxy) is 1. The maximum Gasteiger partial charge on any atom is 0.573 e. The monoisotopic (exact) mass is 530 g/mol. The van der Waals surface area contributed by atoms with E-state index < -0.39 is 6.36 Å². The Balaban J connectivity index is 1.31. The van der Waals surface area contributed by atoms with Gasteiger partial charge in [-0.1, -0.05) is 5.16 Å².